The number of hydrogen-bond acceptors (Lipinski definition) is 4. The lowest BCUT2D eigenvalue weighted by Gasteiger charge is -2.34. The average molecular weight is 324 g/mol. The third kappa shape index (κ3) is 2.43. The molecule has 1 aromatic rings. The molecule has 1 aromatic carbocycles. The molecule has 0 bridgehead atoms. The first-order valence-electron chi connectivity index (χ1n) is 8.12. The highest BCUT2D eigenvalue weighted by molar-refractivity contribution is 6.13. The van der Waals surface area contributed by atoms with Crippen molar-refractivity contribution in [1.29, 1.82) is 0 Å². The lowest BCUT2D eigenvalue weighted by Crippen LogP contribution is -2.37. The molecule has 0 aliphatic heterocycles. The Kier molecular flexibility index (Phi) is 4.49. The number of ketones is 1. The van der Waals surface area contributed by atoms with Crippen molar-refractivity contribution in [2.75, 3.05) is 13.2 Å². The van der Waals surface area contributed by atoms with Crippen molar-refractivity contribution in [1.82, 2.24) is 0 Å². The molecule has 1 spiro atoms. The van der Waals surface area contributed by atoms with E-state index in [2.05, 4.69) is 0 Å². The number of allylic oxidation sites excluding steroid dienone is 5. The molecule has 0 amide bonds. The molecule has 0 saturated heterocycles. The summed E-state index contributed by atoms with van der Waals surface area (Å²) in [5.41, 5.74) is 0.943. The number of aliphatic hydroxyl groups is 1. The molecule has 0 aromatic heterocycles. The van der Waals surface area contributed by atoms with Crippen molar-refractivity contribution < 1.29 is 19.4 Å². The lowest BCUT2D eigenvalue weighted by atomic mass is 9.67. The number of benzene rings is 1. The monoisotopic (exact) mass is 324 g/mol. The summed E-state index contributed by atoms with van der Waals surface area (Å²) in [5.74, 6) is -0.898. The van der Waals surface area contributed by atoms with Gasteiger partial charge in [0.2, 0.25) is 0 Å². The second kappa shape index (κ2) is 6.57. The normalized spacial score (nSPS) is 25.6. The summed E-state index contributed by atoms with van der Waals surface area (Å²) >= 11 is 0. The predicted octanol–water partition coefficient (Wildman–Crippen LogP) is 2.70. The minimum absolute atomic E-state index is 0.109. The van der Waals surface area contributed by atoms with Gasteiger partial charge in [-0.1, -0.05) is 48.6 Å². The van der Waals surface area contributed by atoms with Gasteiger partial charge in [-0.05, 0) is 30.6 Å². The number of esters is 1. The fourth-order valence-corrected chi connectivity index (χ4v) is 3.71. The Hall–Kier alpha value is -2.46. The van der Waals surface area contributed by atoms with E-state index >= 15 is 0 Å². The standard InChI is InChI=1S/C20H20O4/c1-2-24-19(23)16-12-15(13-21)20(11-7-6-10-17(20)22)18(16)14-8-4-3-5-9-14/h3-11,15,21H,2,12-13H2,1H3/t15-,20-/m1/s1. The molecule has 124 valence electrons. The number of carbonyl (C=O) groups is 2. The van der Waals surface area contributed by atoms with E-state index in [0.717, 1.165) is 5.56 Å². The maximum atomic E-state index is 12.9. The first kappa shape index (κ1) is 16.4. The van der Waals surface area contributed by atoms with Crippen molar-refractivity contribution in [3.8, 4) is 0 Å². The zero-order chi connectivity index (χ0) is 17.2. The van der Waals surface area contributed by atoms with Gasteiger partial charge in [0.25, 0.3) is 0 Å². The number of carbonyl (C=O) groups excluding carboxylic acids is 2. The van der Waals surface area contributed by atoms with Crippen molar-refractivity contribution in [3.05, 3.63) is 65.8 Å². The van der Waals surface area contributed by atoms with Crippen LogP contribution in [0.3, 0.4) is 0 Å². The molecular formula is C20H20O4. The van der Waals surface area contributed by atoms with E-state index in [1.807, 2.05) is 36.4 Å². The molecule has 2 aliphatic carbocycles. The second-order valence-corrected chi connectivity index (χ2v) is 5.98. The first-order chi connectivity index (χ1) is 11.6. The highest BCUT2D eigenvalue weighted by atomic mass is 16.5. The summed E-state index contributed by atoms with van der Waals surface area (Å²) < 4.78 is 5.21. The Morgan fingerprint density at radius 1 is 1.29 bits per heavy atom. The molecule has 4 heteroatoms. The van der Waals surface area contributed by atoms with Crippen LogP contribution < -0.4 is 0 Å². The van der Waals surface area contributed by atoms with Crippen molar-refractivity contribution in [3.63, 3.8) is 0 Å². The molecule has 0 unspecified atom stereocenters. The van der Waals surface area contributed by atoms with Crippen LogP contribution in [0.5, 0.6) is 0 Å². The van der Waals surface area contributed by atoms with Crippen molar-refractivity contribution >= 4 is 17.3 Å². The van der Waals surface area contributed by atoms with Crippen LogP contribution in [0.25, 0.3) is 5.57 Å². The van der Waals surface area contributed by atoms with E-state index in [0.29, 0.717) is 17.6 Å². The summed E-state index contributed by atoms with van der Waals surface area (Å²) in [6, 6.07) is 9.40. The summed E-state index contributed by atoms with van der Waals surface area (Å²) in [7, 11) is 0. The summed E-state index contributed by atoms with van der Waals surface area (Å²) in [4.78, 5) is 25.4. The zero-order valence-corrected chi connectivity index (χ0v) is 13.6. The van der Waals surface area contributed by atoms with Gasteiger partial charge in [0.05, 0.1) is 12.0 Å². The average Bonchev–Trinajstić information content (AvgIpc) is 2.93. The highest BCUT2D eigenvalue weighted by Gasteiger charge is 2.53. The van der Waals surface area contributed by atoms with E-state index in [-0.39, 0.29) is 24.9 Å². The van der Waals surface area contributed by atoms with Gasteiger partial charge in [0, 0.05) is 18.1 Å². The Labute approximate surface area is 141 Å². The maximum Gasteiger partial charge on any atom is 0.334 e. The van der Waals surface area contributed by atoms with Crippen LogP contribution >= 0.6 is 0 Å². The van der Waals surface area contributed by atoms with Crippen LogP contribution in [-0.2, 0) is 14.3 Å². The number of aliphatic hydroxyl groups excluding tert-OH is 1. The van der Waals surface area contributed by atoms with E-state index in [1.165, 1.54) is 6.08 Å². The molecule has 0 heterocycles. The van der Waals surface area contributed by atoms with Gasteiger partial charge in [0.15, 0.2) is 5.78 Å². The van der Waals surface area contributed by atoms with Gasteiger partial charge in [-0.2, -0.15) is 0 Å². The van der Waals surface area contributed by atoms with Gasteiger partial charge in [0.1, 0.15) is 0 Å². The van der Waals surface area contributed by atoms with E-state index in [1.54, 1.807) is 19.1 Å². The number of ether oxygens (including phenoxy) is 1. The molecule has 0 saturated carbocycles. The third-order valence-electron chi connectivity index (χ3n) is 4.74. The number of hydrogen-bond donors (Lipinski definition) is 1. The van der Waals surface area contributed by atoms with Gasteiger partial charge >= 0.3 is 5.97 Å². The molecule has 24 heavy (non-hydrogen) atoms. The zero-order valence-electron chi connectivity index (χ0n) is 13.6. The fraction of sp³-hybridized carbons (Fsp3) is 0.300. The SMILES string of the molecule is CCOC(=O)C1=C(c2ccccc2)[C@]2(C=CC=CC2=O)[C@@H](CO)C1. The Morgan fingerprint density at radius 3 is 2.67 bits per heavy atom. The van der Waals surface area contributed by atoms with Gasteiger partial charge in [-0.15, -0.1) is 0 Å². The second-order valence-electron chi connectivity index (χ2n) is 5.98. The highest BCUT2D eigenvalue weighted by Crippen LogP contribution is 2.55. The summed E-state index contributed by atoms with van der Waals surface area (Å²) in [6.45, 7) is 1.84. The van der Waals surface area contributed by atoms with E-state index < -0.39 is 11.4 Å². The summed E-state index contributed by atoms with van der Waals surface area (Å²) in [5, 5.41) is 9.91. The van der Waals surface area contributed by atoms with E-state index in [4.69, 9.17) is 4.74 Å². The quantitative estimate of drug-likeness (QED) is 0.865. The van der Waals surface area contributed by atoms with Gasteiger partial charge < -0.3 is 9.84 Å². The first-order valence-corrected chi connectivity index (χ1v) is 8.12. The van der Waals surface area contributed by atoms with Crippen LogP contribution in [0.2, 0.25) is 0 Å². The van der Waals surface area contributed by atoms with Gasteiger partial charge in [-0.3, -0.25) is 4.79 Å². The minimum Gasteiger partial charge on any atom is -0.463 e. The van der Waals surface area contributed by atoms with Crippen molar-refractivity contribution in [2.24, 2.45) is 11.3 Å². The van der Waals surface area contributed by atoms with Crippen LogP contribution in [0.15, 0.2) is 60.2 Å². The van der Waals surface area contributed by atoms with Crippen LogP contribution in [-0.4, -0.2) is 30.1 Å². The molecular weight excluding hydrogens is 304 g/mol. The molecule has 1 N–H and O–H groups in total. The molecule has 4 nitrogen and oxygen atoms in total. The van der Waals surface area contributed by atoms with E-state index in [9.17, 15) is 14.7 Å². The van der Waals surface area contributed by atoms with Crippen LogP contribution in [0, 0.1) is 11.3 Å². The molecule has 2 aliphatic rings. The summed E-state index contributed by atoms with van der Waals surface area (Å²) in [6.07, 6.45) is 7.14. The predicted molar refractivity (Wildman–Crippen MR) is 90.9 cm³/mol. The van der Waals surface area contributed by atoms with Crippen molar-refractivity contribution in [2.45, 2.75) is 13.3 Å². The third-order valence-corrected chi connectivity index (χ3v) is 4.74. The lowest BCUT2D eigenvalue weighted by molar-refractivity contribution is -0.138. The molecule has 3 rings (SSSR count). The van der Waals surface area contributed by atoms with Crippen LogP contribution in [0.1, 0.15) is 18.9 Å². The largest absolute Gasteiger partial charge is 0.463 e. The Bertz CT molecular complexity index is 742. The molecule has 0 fully saturated rings. The maximum absolute atomic E-state index is 12.9. The minimum atomic E-state index is -1.01. The van der Waals surface area contributed by atoms with Crippen LogP contribution in [0.4, 0.5) is 0 Å². The topological polar surface area (TPSA) is 63.6 Å². The Morgan fingerprint density at radius 2 is 2.04 bits per heavy atom. The smallest absolute Gasteiger partial charge is 0.334 e. The van der Waals surface area contributed by atoms with Gasteiger partial charge in [-0.25, -0.2) is 4.79 Å². The Balaban J connectivity index is 2.24. The number of rotatable bonds is 4. The molecule has 0 radical (unpaired) electrons. The fourth-order valence-electron chi connectivity index (χ4n) is 3.71. The molecule has 2 atom stereocenters.